The molecular formula is C18H16ClNO5. The van der Waals surface area contributed by atoms with Gasteiger partial charge in [0.15, 0.2) is 0 Å². The van der Waals surface area contributed by atoms with Crippen molar-refractivity contribution in [3.05, 3.63) is 74.1 Å². The predicted octanol–water partition coefficient (Wildman–Crippen LogP) is 2.86. The molecule has 1 aromatic heterocycles. The van der Waals surface area contributed by atoms with E-state index in [1.54, 1.807) is 44.2 Å². The van der Waals surface area contributed by atoms with Crippen molar-refractivity contribution in [3.63, 3.8) is 0 Å². The Morgan fingerprint density at radius 1 is 1.36 bits per heavy atom. The van der Waals surface area contributed by atoms with Crippen LogP contribution in [-0.2, 0) is 9.53 Å². The maximum atomic E-state index is 12.5. The Labute approximate surface area is 148 Å². The van der Waals surface area contributed by atoms with Gasteiger partial charge in [0.25, 0.3) is 0 Å². The van der Waals surface area contributed by atoms with Gasteiger partial charge < -0.3 is 19.6 Å². The maximum Gasteiger partial charge on any atom is 0.343 e. The fraction of sp³-hybridized carbons (Fsp3) is 0.222. The first-order chi connectivity index (χ1) is 11.9. The Morgan fingerprint density at radius 2 is 2.08 bits per heavy atom. The van der Waals surface area contributed by atoms with Crippen molar-refractivity contribution in [3.8, 4) is 5.75 Å². The summed E-state index contributed by atoms with van der Waals surface area (Å²) in [7, 11) is 0. The number of carbonyl (C=O) groups is 1. The van der Waals surface area contributed by atoms with E-state index in [0.717, 1.165) is 0 Å². The van der Waals surface area contributed by atoms with Crippen molar-refractivity contribution >= 4 is 17.6 Å². The van der Waals surface area contributed by atoms with E-state index in [-0.39, 0.29) is 29.4 Å². The van der Waals surface area contributed by atoms with Gasteiger partial charge in [-0.3, -0.25) is 0 Å². The van der Waals surface area contributed by atoms with E-state index in [9.17, 15) is 9.59 Å². The summed E-state index contributed by atoms with van der Waals surface area (Å²) in [5, 5.41) is 0.384. The van der Waals surface area contributed by atoms with E-state index in [0.29, 0.717) is 16.3 Å². The van der Waals surface area contributed by atoms with E-state index in [1.165, 1.54) is 0 Å². The lowest BCUT2D eigenvalue weighted by Gasteiger charge is -2.27. The minimum absolute atomic E-state index is 0.0265. The molecule has 0 saturated carbocycles. The zero-order valence-electron chi connectivity index (χ0n) is 13.7. The van der Waals surface area contributed by atoms with Gasteiger partial charge in [-0.1, -0.05) is 29.8 Å². The Bertz CT molecular complexity index is 931. The second-order valence-electron chi connectivity index (χ2n) is 5.48. The molecule has 1 aromatic carbocycles. The molecule has 6 nitrogen and oxygen atoms in total. The first-order valence-electron chi connectivity index (χ1n) is 7.67. The van der Waals surface area contributed by atoms with E-state index >= 15 is 0 Å². The Kier molecular flexibility index (Phi) is 4.55. The number of nitrogens with two attached hydrogens (primary N) is 1. The van der Waals surface area contributed by atoms with Crippen LogP contribution in [-0.4, -0.2) is 12.6 Å². The van der Waals surface area contributed by atoms with Gasteiger partial charge in [0.1, 0.15) is 17.1 Å². The maximum absolute atomic E-state index is 12.5. The number of ether oxygens (including phenoxy) is 2. The summed E-state index contributed by atoms with van der Waals surface area (Å²) in [6.45, 7) is 3.45. The zero-order valence-corrected chi connectivity index (χ0v) is 14.4. The van der Waals surface area contributed by atoms with Crippen molar-refractivity contribution in [2.75, 3.05) is 6.61 Å². The third kappa shape index (κ3) is 3.00. The Hall–Kier alpha value is -2.73. The predicted molar refractivity (Wildman–Crippen MR) is 91.5 cm³/mol. The van der Waals surface area contributed by atoms with Crippen LogP contribution in [0.3, 0.4) is 0 Å². The molecule has 1 atom stereocenters. The van der Waals surface area contributed by atoms with Crippen LogP contribution in [0, 0.1) is 6.92 Å². The highest BCUT2D eigenvalue weighted by molar-refractivity contribution is 6.31. The van der Waals surface area contributed by atoms with E-state index in [2.05, 4.69) is 0 Å². The van der Waals surface area contributed by atoms with Crippen molar-refractivity contribution in [2.24, 2.45) is 5.73 Å². The third-order valence-corrected chi connectivity index (χ3v) is 4.19. The number of fused-ring (bicyclic) bond motifs is 1. The molecule has 3 rings (SSSR count). The minimum atomic E-state index is -0.839. The van der Waals surface area contributed by atoms with Gasteiger partial charge in [0.2, 0.25) is 5.88 Å². The number of benzene rings is 1. The molecular weight excluding hydrogens is 346 g/mol. The van der Waals surface area contributed by atoms with Crippen molar-refractivity contribution in [2.45, 2.75) is 19.8 Å². The van der Waals surface area contributed by atoms with Gasteiger partial charge in [-0.2, -0.15) is 0 Å². The summed E-state index contributed by atoms with van der Waals surface area (Å²) in [5.74, 6) is -1.02. The van der Waals surface area contributed by atoms with Gasteiger partial charge in [-0.25, -0.2) is 9.59 Å². The molecule has 7 heteroatoms. The topological polar surface area (TPSA) is 91.8 Å². The Balaban J connectivity index is 2.30. The van der Waals surface area contributed by atoms with E-state index < -0.39 is 17.5 Å². The molecule has 0 radical (unpaired) electrons. The van der Waals surface area contributed by atoms with Gasteiger partial charge in [0, 0.05) is 11.1 Å². The lowest BCUT2D eigenvalue weighted by Crippen LogP contribution is -2.31. The highest BCUT2D eigenvalue weighted by Gasteiger charge is 2.39. The van der Waals surface area contributed by atoms with Gasteiger partial charge >= 0.3 is 11.6 Å². The fourth-order valence-electron chi connectivity index (χ4n) is 2.85. The van der Waals surface area contributed by atoms with Crippen molar-refractivity contribution in [1.29, 1.82) is 0 Å². The molecule has 2 N–H and O–H groups in total. The largest absolute Gasteiger partial charge is 0.462 e. The minimum Gasteiger partial charge on any atom is -0.462 e. The molecule has 25 heavy (non-hydrogen) atoms. The van der Waals surface area contributed by atoms with E-state index in [1.807, 2.05) is 0 Å². The van der Waals surface area contributed by atoms with Crippen LogP contribution < -0.4 is 16.1 Å². The Morgan fingerprint density at radius 3 is 2.76 bits per heavy atom. The van der Waals surface area contributed by atoms with Crippen LogP contribution in [0.5, 0.6) is 5.75 Å². The fourth-order valence-corrected chi connectivity index (χ4v) is 3.09. The first kappa shape index (κ1) is 17.1. The van der Waals surface area contributed by atoms with E-state index in [4.69, 9.17) is 31.2 Å². The van der Waals surface area contributed by atoms with Crippen LogP contribution in [0.4, 0.5) is 0 Å². The zero-order chi connectivity index (χ0) is 18.1. The number of carbonyl (C=O) groups excluding carboxylic acids is 1. The number of esters is 1. The van der Waals surface area contributed by atoms with Crippen LogP contribution >= 0.6 is 11.6 Å². The van der Waals surface area contributed by atoms with Crippen LogP contribution in [0.25, 0.3) is 0 Å². The molecule has 2 heterocycles. The summed E-state index contributed by atoms with van der Waals surface area (Å²) < 4.78 is 15.8. The summed E-state index contributed by atoms with van der Waals surface area (Å²) in [5.41, 5.74) is 6.09. The summed E-state index contributed by atoms with van der Waals surface area (Å²) in [6, 6.07) is 8.44. The summed E-state index contributed by atoms with van der Waals surface area (Å²) >= 11 is 6.31. The average molecular weight is 362 g/mol. The molecule has 0 amide bonds. The number of rotatable bonds is 3. The quantitative estimate of drug-likeness (QED) is 0.845. The molecule has 0 fully saturated rings. The summed E-state index contributed by atoms with van der Waals surface area (Å²) in [4.78, 5) is 25.0. The second-order valence-corrected chi connectivity index (χ2v) is 5.88. The molecule has 0 aliphatic carbocycles. The second kappa shape index (κ2) is 6.64. The third-order valence-electron chi connectivity index (χ3n) is 3.85. The first-order valence-corrected chi connectivity index (χ1v) is 8.05. The van der Waals surface area contributed by atoms with Gasteiger partial charge in [-0.15, -0.1) is 0 Å². The van der Waals surface area contributed by atoms with Crippen LogP contribution in [0.1, 0.15) is 29.7 Å². The molecule has 130 valence electrons. The van der Waals surface area contributed by atoms with Crippen molar-refractivity contribution in [1.82, 2.24) is 0 Å². The lowest BCUT2D eigenvalue weighted by molar-refractivity contribution is -0.139. The standard InChI is InChI=1S/C18H16ClNO5/c1-3-23-17(21)15-13(10-6-4-5-7-11(10)19)14-12(25-16(15)20)8-9(2)24-18(14)22/h4-8,13H,3,20H2,1-2H3/t13-/m0/s1. The van der Waals surface area contributed by atoms with Crippen LogP contribution in [0.15, 0.2) is 51.0 Å². The molecule has 0 bridgehead atoms. The van der Waals surface area contributed by atoms with Crippen molar-refractivity contribution < 1.29 is 18.7 Å². The number of hydrogen-bond donors (Lipinski definition) is 1. The molecule has 0 unspecified atom stereocenters. The molecule has 2 aromatic rings. The molecule has 0 spiro atoms. The average Bonchev–Trinajstić information content (AvgIpc) is 2.53. The number of halogens is 1. The summed E-state index contributed by atoms with van der Waals surface area (Å²) in [6.07, 6.45) is 0. The van der Waals surface area contributed by atoms with Crippen LogP contribution in [0.2, 0.25) is 5.02 Å². The number of aryl methyl sites for hydroxylation is 1. The molecule has 1 aliphatic rings. The highest BCUT2D eigenvalue weighted by Crippen LogP contribution is 2.43. The van der Waals surface area contributed by atoms with Gasteiger partial charge in [0.05, 0.1) is 18.1 Å². The monoisotopic (exact) mass is 361 g/mol. The molecule has 1 aliphatic heterocycles. The lowest BCUT2D eigenvalue weighted by atomic mass is 9.83. The number of hydrogen-bond acceptors (Lipinski definition) is 6. The SMILES string of the molecule is CCOC(=O)C1=C(N)Oc2cc(C)oc(=O)c2[C@@H]1c1ccccc1Cl. The van der Waals surface area contributed by atoms with Gasteiger partial charge in [-0.05, 0) is 25.5 Å². The smallest absolute Gasteiger partial charge is 0.343 e. The highest BCUT2D eigenvalue weighted by atomic mass is 35.5. The molecule has 0 saturated heterocycles. The normalized spacial score (nSPS) is 16.2.